The summed E-state index contributed by atoms with van der Waals surface area (Å²) in [6.07, 6.45) is 3.68. The van der Waals surface area contributed by atoms with E-state index < -0.39 is 0 Å². The number of hydrogen-bond acceptors (Lipinski definition) is 7. The van der Waals surface area contributed by atoms with Crippen molar-refractivity contribution in [3.8, 4) is 22.8 Å². The van der Waals surface area contributed by atoms with E-state index in [1.54, 1.807) is 26.4 Å². The van der Waals surface area contributed by atoms with Gasteiger partial charge in [-0.25, -0.2) is 4.98 Å². The highest BCUT2D eigenvalue weighted by molar-refractivity contribution is 8.18. The number of ether oxygens (including phenoxy) is 2. The average Bonchev–Trinajstić information content (AvgIpc) is 3.31. The number of imidazole rings is 1. The van der Waals surface area contributed by atoms with Crippen molar-refractivity contribution >= 4 is 45.2 Å². The van der Waals surface area contributed by atoms with Crippen LogP contribution in [0.2, 0.25) is 0 Å². The van der Waals surface area contributed by atoms with Crippen LogP contribution >= 0.6 is 23.1 Å². The minimum absolute atomic E-state index is 0.246. The van der Waals surface area contributed by atoms with E-state index in [0.29, 0.717) is 22.1 Å². The third-order valence-corrected chi connectivity index (χ3v) is 5.44. The SMILES string of the molecule is COc1ccc(-c2nc3sccn3c2/C=C2\SC(N)=NC2=O)c(OC)c1. The molecule has 1 aromatic carbocycles. The van der Waals surface area contributed by atoms with Crippen LogP contribution in [0.1, 0.15) is 5.69 Å². The van der Waals surface area contributed by atoms with Gasteiger partial charge in [-0.15, -0.1) is 11.3 Å². The zero-order chi connectivity index (χ0) is 18.3. The molecule has 0 unspecified atom stereocenters. The Morgan fingerprint density at radius 1 is 1.27 bits per heavy atom. The van der Waals surface area contributed by atoms with Crippen LogP contribution in [0.4, 0.5) is 0 Å². The maximum absolute atomic E-state index is 12.0. The van der Waals surface area contributed by atoms with Gasteiger partial charge in [0.05, 0.1) is 24.8 Å². The monoisotopic (exact) mass is 386 g/mol. The fourth-order valence-electron chi connectivity index (χ4n) is 2.68. The van der Waals surface area contributed by atoms with Crippen LogP contribution in [0.3, 0.4) is 0 Å². The van der Waals surface area contributed by atoms with E-state index in [-0.39, 0.29) is 11.1 Å². The minimum atomic E-state index is -0.342. The topological polar surface area (TPSA) is 91.2 Å². The minimum Gasteiger partial charge on any atom is -0.497 e. The molecule has 26 heavy (non-hydrogen) atoms. The van der Waals surface area contributed by atoms with Crippen molar-refractivity contribution in [3.05, 3.63) is 40.4 Å². The van der Waals surface area contributed by atoms with Crippen LogP contribution in [0.15, 0.2) is 39.7 Å². The number of benzene rings is 1. The number of rotatable bonds is 4. The molecule has 0 spiro atoms. The number of thiazole rings is 1. The summed E-state index contributed by atoms with van der Waals surface area (Å²) in [5.74, 6) is 0.982. The van der Waals surface area contributed by atoms with Crippen molar-refractivity contribution in [2.75, 3.05) is 14.2 Å². The number of carbonyl (C=O) groups excluding carboxylic acids is 1. The highest BCUT2D eigenvalue weighted by atomic mass is 32.2. The van der Waals surface area contributed by atoms with Gasteiger partial charge in [-0.05, 0) is 30.0 Å². The summed E-state index contributed by atoms with van der Waals surface area (Å²) >= 11 is 2.66. The summed E-state index contributed by atoms with van der Waals surface area (Å²) in [7, 11) is 3.20. The summed E-state index contributed by atoms with van der Waals surface area (Å²) < 4.78 is 12.7. The largest absolute Gasteiger partial charge is 0.497 e. The molecule has 1 amide bonds. The summed E-state index contributed by atoms with van der Waals surface area (Å²) in [6, 6.07) is 5.54. The number of nitrogens with two attached hydrogens (primary N) is 1. The fourth-order valence-corrected chi connectivity index (χ4v) is 4.06. The molecular weight excluding hydrogens is 372 g/mol. The van der Waals surface area contributed by atoms with E-state index in [0.717, 1.165) is 28.0 Å². The summed E-state index contributed by atoms with van der Waals surface area (Å²) in [5, 5.41) is 2.18. The Morgan fingerprint density at radius 2 is 2.12 bits per heavy atom. The predicted octanol–water partition coefficient (Wildman–Crippen LogP) is 3.01. The summed E-state index contributed by atoms with van der Waals surface area (Å²) in [6.45, 7) is 0. The maximum Gasteiger partial charge on any atom is 0.286 e. The van der Waals surface area contributed by atoms with Gasteiger partial charge in [0.15, 0.2) is 10.1 Å². The van der Waals surface area contributed by atoms with Crippen molar-refractivity contribution in [2.24, 2.45) is 10.7 Å². The van der Waals surface area contributed by atoms with Gasteiger partial charge in [0, 0.05) is 23.2 Å². The normalized spacial score (nSPS) is 15.7. The molecule has 3 aromatic rings. The Hall–Kier alpha value is -2.78. The third kappa shape index (κ3) is 2.74. The third-order valence-electron chi connectivity index (χ3n) is 3.87. The molecule has 2 N–H and O–H groups in total. The van der Waals surface area contributed by atoms with Crippen LogP contribution < -0.4 is 15.2 Å². The van der Waals surface area contributed by atoms with E-state index >= 15 is 0 Å². The molecule has 3 heterocycles. The molecule has 9 heteroatoms. The lowest BCUT2D eigenvalue weighted by Crippen LogP contribution is -2.01. The van der Waals surface area contributed by atoms with Crippen LogP contribution in [0.5, 0.6) is 11.5 Å². The Kier molecular flexibility index (Phi) is 4.17. The Labute approximate surface area is 157 Å². The van der Waals surface area contributed by atoms with E-state index in [2.05, 4.69) is 4.99 Å². The molecule has 0 saturated heterocycles. The summed E-state index contributed by atoms with van der Waals surface area (Å²) in [4.78, 5) is 21.8. The molecule has 7 nitrogen and oxygen atoms in total. The van der Waals surface area contributed by atoms with Crippen LogP contribution in [-0.4, -0.2) is 34.7 Å². The molecule has 0 bridgehead atoms. The molecule has 0 radical (unpaired) electrons. The van der Waals surface area contributed by atoms with Gasteiger partial charge >= 0.3 is 0 Å². The van der Waals surface area contributed by atoms with Gasteiger partial charge in [0.25, 0.3) is 5.91 Å². The lowest BCUT2D eigenvalue weighted by molar-refractivity contribution is -0.113. The Balaban J connectivity index is 1.91. The van der Waals surface area contributed by atoms with Crippen molar-refractivity contribution < 1.29 is 14.3 Å². The highest BCUT2D eigenvalue weighted by Gasteiger charge is 2.23. The second-order valence-corrected chi connectivity index (χ2v) is 7.27. The zero-order valence-corrected chi connectivity index (χ0v) is 15.6. The van der Waals surface area contributed by atoms with Gasteiger partial charge in [-0.3, -0.25) is 9.20 Å². The Morgan fingerprint density at radius 3 is 2.81 bits per heavy atom. The lowest BCUT2D eigenvalue weighted by Gasteiger charge is -2.09. The predicted molar refractivity (Wildman–Crippen MR) is 104 cm³/mol. The van der Waals surface area contributed by atoms with Gasteiger partial charge in [-0.1, -0.05) is 0 Å². The first-order chi connectivity index (χ1) is 12.6. The maximum atomic E-state index is 12.0. The number of aliphatic imine (C=N–C) groups is 1. The van der Waals surface area contributed by atoms with Crippen LogP contribution in [-0.2, 0) is 4.79 Å². The number of methoxy groups -OCH3 is 2. The average molecular weight is 386 g/mol. The van der Waals surface area contributed by atoms with Crippen LogP contribution in [0, 0.1) is 0 Å². The van der Waals surface area contributed by atoms with Gasteiger partial charge in [-0.2, -0.15) is 4.99 Å². The second kappa shape index (κ2) is 6.50. The smallest absolute Gasteiger partial charge is 0.286 e. The van der Waals surface area contributed by atoms with E-state index in [4.69, 9.17) is 20.2 Å². The molecule has 0 saturated carbocycles. The molecule has 0 fully saturated rings. The zero-order valence-electron chi connectivity index (χ0n) is 13.9. The first-order valence-corrected chi connectivity index (χ1v) is 9.26. The molecule has 1 aliphatic rings. The van der Waals surface area contributed by atoms with E-state index in [9.17, 15) is 4.79 Å². The molecule has 4 rings (SSSR count). The fraction of sp³-hybridized carbons (Fsp3) is 0.118. The molecule has 0 aliphatic carbocycles. The van der Waals surface area contributed by atoms with Gasteiger partial charge in [0.2, 0.25) is 0 Å². The number of hydrogen-bond donors (Lipinski definition) is 1. The number of thioether (sulfide) groups is 1. The van der Waals surface area contributed by atoms with Gasteiger partial charge in [0.1, 0.15) is 17.2 Å². The Bertz CT molecular complexity index is 1080. The van der Waals surface area contributed by atoms with Crippen molar-refractivity contribution in [3.63, 3.8) is 0 Å². The second-order valence-electron chi connectivity index (χ2n) is 5.33. The number of amidine groups is 1. The first kappa shape index (κ1) is 16.7. The number of nitrogens with zero attached hydrogens (tertiary/aromatic N) is 3. The first-order valence-electron chi connectivity index (χ1n) is 7.56. The van der Waals surface area contributed by atoms with Crippen LogP contribution in [0.25, 0.3) is 22.3 Å². The summed E-state index contributed by atoms with van der Waals surface area (Å²) in [5.41, 5.74) is 7.95. The molecular formula is C17H14N4O3S2. The van der Waals surface area contributed by atoms with Crippen molar-refractivity contribution in [1.29, 1.82) is 0 Å². The molecule has 1 aliphatic heterocycles. The lowest BCUT2D eigenvalue weighted by atomic mass is 10.1. The van der Waals surface area contributed by atoms with E-state index in [1.807, 2.05) is 28.1 Å². The number of aromatic nitrogens is 2. The molecule has 2 aromatic heterocycles. The highest BCUT2D eigenvalue weighted by Crippen LogP contribution is 2.38. The molecule has 132 valence electrons. The van der Waals surface area contributed by atoms with E-state index in [1.165, 1.54) is 11.3 Å². The number of fused-ring (bicyclic) bond motifs is 1. The van der Waals surface area contributed by atoms with Gasteiger partial charge < -0.3 is 15.2 Å². The molecule has 0 atom stereocenters. The number of carbonyl (C=O) groups is 1. The quantitative estimate of drug-likeness (QED) is 0.693. The number of amides is 1. The standard InChI is InChI=1S/C17H14N4O3S2/c1-23-9-3-4-10(12(7-9)24-2)14-11(21-5-6-25-17(21)19-14)8-13-15(22)20-16(18)26-13/h3-8H,1-2H3,(H2,18,20,22)/b13-8-. The van der Waals surface area contributed by atoms with Crippen molar-refractivity contribution in [2.45, 2.75) is 0 Å². The van der Waals surface area contributed by atoms with Crippen molar-refractivity contribution in [1.82, 2.24) is 9.38 Å².